The van der Waals surface area contributed by atoms with E-state index in [1.165, 1.54) is 16.2 Å². The van der Waals surface area contributed by atoms with Gasteiger partial charge in [0.1, 0.15) is 24.5 Å². The van der Waals surface area contributed by atoms with Crippen LogP contribution in [-0.4, -0.2) is 65.3 Å². The lowest BCUT2D eigenvalue weighted by molar-refractivity contribution is -0.236. The van der Waals surface area contributed by atoms with E-state index in [-0.39, 0.29) is 35.4 Å². The molecule has 0 radical (unpaired) electrons. The normalized spacial score (nSPS) is 29.5. The molecule has 1 aromatic carbocycles. The molecule has 8 nitrogen and oxygen atoms in total. The fraction of sp³-hybridized carbons (Fsp3) is 0.735. The van der Waals surface area contributed by atoms with Crippen LogP contribution < -0.4 is 0 Å². The van der Waals surface area contributed by atoms with Gasteiger partial charge in [0.2, 0.25) is 5.91 Å². The number of nitrogens with zero attached hydrogens (tertiary/aromatic N) is 2. The summed E-state index contributed by atoms with van der Waals surface area (Å²) in [6.07, 6.45) is 4.38. The molecule has 1 aromatic rings. The Morgan fingerprint density at radius 2 is 1.71 bits per heavy atom. The summed E-state index contributed by atoms with van der Waals surface area (Å²) < 4.78 is 18.6. The van der Waals surface area contributed by atoms with Crippen molar-refractivity contribution < 1.29 is 28.6 Å². The minimum atomic E-state index is -0.963. The number of fused-ring (bicyclic) bond motifs is 3. The number of ether oxygens (including phenoxy) is 3. The lowest BCUT2D eigenvalue weighted by Crippen LogP contribution is -2.62. The molecule has 4 rings (SSSR count). The third-order valence-corrected chi connectivity index (χ3v) is 10.6. The Kier molecular flexibility index (Phi) is 9.09. The van der Waals surface area contributed by atoms with Crippen LogP contribution in [0.5, 0.6) is 0 Å². The van der Waals surface area contributed by atoms with Crippen LogP contribution in [0.25, 0.3) is 0 Å². The number of amides is 2. The van der Waals surface area contributed by atoms with E-state index in [1.807, 2.05) is 58.0 Å². The van der Waals surface area contributed by atoms with Gasteiger partial charge in [0.05, 0.1) is 12.0 Å². The fourth-order valence-electron chi connectivity index (χ4n) is 7.95. The van der Waals surface area contributed by atoms with E-state index in [1.54, 1.807) is 14.1 Å². The van der Waals surface area contributed by atoms with Crippen molar-refractivity contribution in [3.05, 3.63) is 35.9 Å². The molecule has 3 fully saturated rings. The number of esters is 1. The van der Waals surface area contributed by atoms with Crippen LogP contribution >= 0.6 is 0 Å². The first kappa shape index (κ1) is 32.3. The van der Waals surface area contributed by atoms with Crippen molar-refractivity contribution in [1.82, 2.24) is 9.80 Å². The number of rotatable bonds is 8. The van der Waals surface area contributed by atoms with E-state index in [2.05, 4.69) is 20.8 Å². The highest BCUT2D eigenvalue weighted by atomic mass is 16.6. The quantitative estimate of drug-likeness (QED) is 0.322. The first-order chi connectivity index (χ1) is 19.5. The molecule has 8 heteroatoms. The summed E-state index contributed by atoms with van der Waals surface area (Å²) in [6.45, 7) is 14.4. The number of benzene rings is 1. The Balaban J connectivity index is 1.69. The molecule has 1 spiro atoms. The van der Waals surface area contributed by atoms with Gasteiger partial charge in [0.25, 0.3) is 0 Å². The Labute approximate surface area is 252 Å². The van der Waals surface area contributed by atoms with E-state index >= 15 is 0 Å². The Morgan fingerprint density at radius 1 is 1.05 bits per heavy atom. The molecule has 42 heavy (non-hydrogen) atoms. The van der Waals surface area contributed by atoms with Gasteiger partial charge in [-0.05, 0) is 82.1 Å². The first-order valence-electron chi connectivity index (χ1n) is 15.6. The van der Waals surface area contributed by atoms with E-state index < -0.39 is 35.9 Å². The second kappa shape index (κ2) is 11.8. The molecule has 2 saturated carbocycles. The van der Waals surface area contributed by atoms with Crippen molar-refractivity contribution in [1.29, 1.82) is 0 Å². The number of carbonyl (C=O) groups excluding carboxylic acids is 3. The van der Waals surface area contributed by atoms with Gasteiger partial charge in [-0.2, -0.15) is 0 Å². The van der Waals surface area contributed by atoms with Crippen molar-refractivity contribution in [3.63, 3.8) is 0 Å². The predicted octanol–water partition coefficient (Wildman–Crippen LogP) is 6.56. The second-order valence-electron chi connectivity index (χ2n) is 14.8. The molecule has 234 valence electrons. The van der Waals surface area contributed by atoms with Crippen molar-refractivity contribution in [2.75, 3.05) is 14.1 Å². The number of carbonyl (C=O) groups is 3. The topological polar surface area (TPSA) is 85.4 Å². The summed E-state index contributed by atoms with van der Waals surface area (Å²) in [5.41, 5.74) is -0.0932. The van der Waals surface area contributed by atoms with Gasteiger partial charge in [-0.15, -0.1) is 0 Å². The van der Waals surface area contributed by atoms with E-state index in [0.29, 0.717) is 12.3 Å². The molecule has 2 aliphatic carbocycles. The molecule has 1 aliphatic heterocycles. The van der Waals surface area contributed by atoms with Crippen LogP contribution in [0, 0.1) is 22.7 Å². The van der Waals surface area contributed by atoms with Crippen LogP contribution in [-0.2, 0) is 30.4 Å². The third-order valence-electron chi connectivity index (χ3n) is 10.6. The van der Waals surface area contributed by atoms with Gasteiger partial charge in [-0.1, -0.05) is 58.0 Å². The molecule has 6 atom stereocenters. The summed E-state index contributed by atoms with van der Waals surface area (Å²) in [5, 5.41) is 0. The van der Waals surface area contributed by atoms with Crippen molar-refractivity contribution in [2.24, 2.45) is 22.7 Å². The van der Waals surface area contributed by atoms with Crippen LogP contribution in [0.3, 0.4) is 0 Å². The lowest BCUT2D eigenvalue weighted by Gasteiger charge is -2.54. The summed E-state index contributed by atoms with van der Waals surface area (Å²) in [7, 11) is 3.34. The summed E-state index contributed by atoms with van der Waals surface area (Å²) in [6, 6.07) is 8.54. The minimum absolute atomic E-state index is 0.0192. The van der Waals surface area contributed by atoms with Gasteiger partial charge in [-0.3, -0.25) is 14.5 Å². The Hall–Kier alpha value is -2.61. The van der Waals surface area contributed by atoms with Gasteiger partial charge >= 0.3 is 12.1 Å². The zero-order valence-corrected chi connectivity index (χ0v) is 27.2. The first-order valence-corrected chi connectivity index (χ1v) is 15.6. The summed E-state index contributed by atoms with van der Waals surface area (Å²) in [4.78, 5) is 43.9. The molecule has 3 aliphatic rings. The van der Waals surface area contributed by atoms with Crippen molar-refractivity contribution in [2.45, 2.75) is 123 Å². The average Bonchev–Trinajstić information content (AvgIpc) is 3.21. The van der Waals surface area contributed by atoms with Crippen molar-refractivity contribution >= 4 is 18.0 Å². The van der Waals surface area contributed by atoms with E-state index in [0.717, 1.165) is 31.2 Å². The van der Waals surface area contributed by atoms with Crippen LogP contribution in [0.15, 0.2) is 30.3 Å². The van der Waals surface area contributed by atoms with Gasteiger partial charge in [-0.25, -0.2) is 4.79 Å². The highest BCUT2D eigenvalue weighted by molar-refractivity contribution is 5.86. The van der Waals surface area contributed by atoms with Crippen molar-refractivity contribution in [3.8, 4) is 0 Å². The maximum absolute atomic E-state index is 14.1. The SMILES string of the molecule is C[C@@H](CC(=O)OC(C)(C)C)[C@H](C(=O)N(C)C)N(C(=O)OCc1ccccc1)[C@H]1CCC[C@]2(C[C@H]3CC[C@]2(C)C3(C)C)O1. The number of hydrogen-bond acceptors (Lipinski definition) is 6. The molecule has 0 aromatic heterocycles. The summed E-state index contributed by atoms with van der Waals surface area (Å²) in [5.74, 6) is -0.657. The molecule has 2 amide bonds. The van der Waals surface area contributed by atoms with Gasteiger partial charge in [0, 0.05) is 19.5 Å². The second-order valence-corrected chi connectivity index (χ2v) is 14.8. The fourth-order valence-corrected chi connectivity index (χ4v) is 7.95. The standard InChI is InChI=1S/C34H52N2O6/c1-23(20-27(37)42-31(2,3)4)28(29(38)35(8)9)36(30(39)40-22-24-14-11-10-12-15-24)26-16-13-18-34(41-26)21-25-17-19-33(34,7)32(25,5)6/h10-12,14-15,23,25-26,28H,13,16-22H2,1-9H3/t23-,25+,26+,28+,33+,34+/m0/s1. The molecule has 0 unspecified atom stereocenters. The molecular formula is C34H52N2O6. The van der Waals surface area contributed by atoms with E-state index in [9.17, 15) is 14.4 Å². The maximum Gasteiger partial charge on any atom is 0.412 e. The molecule has 1 heterocycles. The Bertz CT molecular complexity index is 1140. The maximum atomic E-state index is 14.1. The highest BCUT2D eigenvalue weighted by Gasteiger charge is 2.70. The largest absolute Gasteiger partial charge is 0.460 e. The molecular weight excluding hydrogens is 532 g/mol. The monoisotopic (exact) mass is 584 g/mol. The van der Waals surface area contributed by atoms with E-state index in [4.69, 9.17) is 14.2 Å². The number of hydrogen-bond donors (Lipinski definition) is 0. The lowest BCUT2D eigenvalue weighted by atomic mass is 9.62. The number of likely N-dealkylation sites (N-methyl/N-ethyl adjacent to an activating group) is 1. The molecule has 2 bridgehead atoms. The smallest absolute Gasteiger partial charge is 0.412 e. The Morgan fingerprint density at radius 3 is 2.26 bits per heavy atom. The summed E-state index contributed by atoms with van der Waals surface area (Å²) >= 11 is 0. The van der Waals surface area contributed by atoms with Crippen LogP contribution in [0.1, 0.15) is 99.0 Å². The minimum Gasteiger partial charge on any atom is -0.460 e. The van der Waals surface area contributed by atoms with Crippen LogP contribution in [0.4, 0.5) is 4.79 Å². The van der Waals surface area contributed by atoms with Crippen LogP contribution in [0.2, 0.25) is 0 Å². The van der Waals surface area contributed by atoms with Gasteiger partial charge < -0.3 is 19.1 Å². The molecule has 1 saturated heterocycles. The average molecular weight is 585 g/mol. The van der Waals surface area contributed by atoms with Gasteiger partial charge in [0.15, 0.2) is 0 Å². The third kappa shape index (κ3) is 6.06. The predicted molar refractivity (Wildman–Crippen MR) is 161 cm³/mol. The highest BCUT2D eigenvalue weighted by Crippen LogP contribution is 2.72. The molecule has 0 N–H and O–H groups in total. The zero-order chi connectivity index (χ0) is 31.1. The zero-order valence-electron chi connectivity index (χ0n) is 27.2.